The van der Waals surface area contributed by atoms with Gasteiger partial charge in [-0.1, -0.05) is 29.8 Å². The first kappa shape index (κ1) is 15.9. The number of halogens is 1. The molecule has 0 aliphatic carbocycles. The van der Waals surface area contributed by atoms with Gasteiger partial charge >= 0.3 is 0 Å². The third-order valence-corrected chi connectivity index (χ3v) is 3.89. The Labute approximate surface area is 131 Å². The minimum atomic E-state index is 0.0771. The SMILES string of the molecule is Cc1ccc(C)c(Oc2cc(Cl)ccc2CC(C)N)c1C. The molecule has 21 heavy (non-hydrogen) atoms. The number of hydrogen-bond acceptors (Lipinski definition) is 2. The monoisotopic (exact) mass is 303 g/mol. The molecule has 0 spiro atoms. The van der Waals surface area contributed by atoms with Crippen LogP contribution in [0.25, 0.3) is 0 Å². The molecule has 2 rings (SSSR count). The molecule has 0 amide bonds. The zero-order valence-electron chi connectivity index (χ0n) is 13.0. The predicted octanol–water partition coefficient (Wildman–Crippen LogP) is 4.95. The molecule has 0 saturated carbocycles. The summed E-state index contributed by atoms with van der Waals surface area (Å²) in [6.07, 6.45) is 0.760. The van der Waals surface area contributed by atoms with E-state index in [1.54, 1.807) is 0 Å². The number of ether oxygens (including phenoxy) is 1. The third-order valence-electron chi connectivity index (χ3n) is 3.66. The first-order chi connectivity index (χ1) is 9.88. The van der Waals surface area contributed by atoms with Crippen LogP contribution in [0.4, 0.5) is 0 Å². The van der Waals surface area contributed by atoms with Gasteiger partial charge in [0.05, 0.1) is 0 Å². The van der Waals surface area contributed by atoms with E-state index < -0.39 is 0 Å². The number of hydrogen-bond donors (Lipinski definition) is 1. The Balaban J connectivity index is 2.44. The summed E-state index contributed by atoms with van der Waals surface area (Å²) in [4.78, 5) is 0. The van der Waals surface area contributed by atoms with Crippen molar-refractivity contribution < 1.29 is 4.74 Å². The Morgan fingerprint density at radius 1 is 1.10 bits per heavy atom. The second-order valence-corrected chi connectivity index (χ2v) is 6.13. The molecule has 2 nitrogen and oxygen atoms in total. The maximum absolute atomic E-state index is 6.19. The van der Waals surface area contributed by atoms with Gasteiger partial charge in [0.25, 0.3) is 0 Å². The van der Waals surface area contributed by atoms with Crippen LogP contribution in [0.15, 0.2) is 30.3 Å². The first-order valence-corrected chi connectivity index (χ1v) is 7.55. The highest BCUT2D eigenvalue weighted by Gasteiger charge is 2.12. The summed E-state index contributed by atoms with van der Waals surface area (Å²) in [7, 11) is 0. The Kier molecular flexibility index (Phi) is 4.92. The smallest absolute Gasteiger partial charge is 0.133 e. The highest BCUT2D eigenvalue weighted by molar-refractivity contribution is 6.30. The maximum Gasteiger partial charge on any atom is 0.133 e. The van der Waals surface area contributed by atoms with Crippen molar-refractivity contribution in [2.75, 3.05) is 0 Å². The van der Waals surface area contributed by atoms with Gasteiger partial charge in [-0.25, -0.2) is 0 Å². The Morgan fingerprint density at radius 3 is 2.43 bits per heavy atom. The maximum atomic E-state index is 6.19. The molecule has 0 radical (unpaired) electrons. The average molecular weight is 304 g/mol. The van der Waals surface area contributed by atoms with E-state index in [2.05, 4.69) is 32.9 Å². The normalized spacial score (nSPS) is 12.3. The quantitative estimate of drug-likeness (QED) is 0.867. The molecule has 0 aliphatic rings. The Morgan fingerprint density at radius 2 is 1.76 bits per heavy atom. The van der Waals surface area contributed by atoms with Crippen molar-refractivity contribution in [3.8, 4) is 11.5 Å². The van der Waals surface area contributed by atoms with Gasteiger partial charge in [0.2, 0.25) is 0 Å². The fourth-order valence-corrected chi connectivity index (χ4v) is 2.49. The number of benzene rings is 2. The van der Waals surface area contributed by atoms with E-state index in [4.69, 9.17) is 22.1 Å². The lowest BCUT2D eigenvalue weighted by Crippen LogP contribution is -2.18. The van der Waals surface area contributed by atoms with Crippen molar-refractivity contribution >= 4 is 11.6 Å². The van der Waals surface area contributed by atoms with Crippen LogP contribution >= 0.6 is 11.6 Å². The van der Waals surface area contributed by atoms with Gasteiger partial charge in [-0.05, 0) is 68.5 Å². The molecule has 0 heterocycles. The molecule has 0 aromatic heterocycles. The standard InChI is InChI=1S/C18H22ClNO/c1-11-5-6-12(2)18(14(11)4)21-17-10-16(19)8-7-15(17)9-13(3)20/h5-8,10,13H,9,20H2,1-4H3. The van der Waals surface area contributed by atoms with Gasteiger partial charge in [-0.15, -0.1) is 0 Å². The molecule has 2 aromatic carbocycles. The van der Waals surface area contributed by atoms with E-state index in [-0.39, 0.29) is 6.04 Å². The van der Waals surface area contributed by atoms with Gasteiger partial charge in [0.15, 0.2) is 0 Å². The molecule has 0 saturated heterocycles. The molecule has 2 N–H and O–H groups in total. The van der Waals surface area contributed by atoms with Crippen LogP contribution in [0, 0.1) is 20.8 Å². The molecular weight excluding hydrogens is 282 g/mol. The fraction of sp³-hybridized carbons (Fsp3) is 0.333. The highest BCUT2D eigenvalue weighted by atomic mass is 35.5. The summed E-state index contributed by atoms with van der Waals surface area (Å²) in [5, 5.41) is 0.668. The minimum absolute atomic E-state index is 0.0771. The van der Waals surface area contributed by atoms with Crippen molar-refractivity contribution in [1.29, 1.82) is 0 Å². The van der Waals surface area contributed by atoms with Gasteiger partial charge < -0.3 is 10.5 Å². The lowest BCUT2D eigenvalue weighted by atomic mass is 10.0. The lowest BCUT2D eigenvalue weighted by molar-refractivity contribution is 0.466. The first-order valence-electron chi connectivity index (χ1n) is 7.17. The van der Waals surface area contributed by atoms with Crippen LogP contribution in [0.2, 0.25) is 5.02 Å². The largest absolute Gasteiger partial charge is 0.456 e. The van der Waals surface area contributed by atoms with Crippen LogP contribution in [0.3, 0.4) is 0 Å². The topological polar surface area (TPSA) is 35.2 Å². The molecule has 0 fully saturated rings. The molecule has 1 unspecified atom stereocenters. The van der Waals surface area contributed by atoms with Crippen molar-refractivity contribution in [2.45, 2.75) is 40.2 Å². The number of nitrogens with two attached hydrogens (primary N) is 1. The Bertz CT molecular complexity index is 650. The zero-order chi connectivity index (χ0) is 15.6. The van der Waals surface area contributed by atoms with Crippen LogP contribution in [-0.2, 0) is 6.42 Å². The second kappa shape index (κ2) is 6.50. The molecule has 112 valence electrons. The summed E-state index contributed by atoms with van der Waals surface area (Å²) in [5.74, 6) is 1.69. The predicted molar refractivity (Wildman–Crippen MR) is 89.5 cm³/mol. The molecule has 2 aromatic rings. The second-order valence-electron chi connectivity index (χ2n) is 5.69. The van der Waals surface area contributed by atoms with Gasteiger partial charge in [0.1, 0.15) is 11.5 Å². The molecule has 0 bridgehead atoms. The van der Waals surface area contributed by atoms with Crippen LogP contribution in [0.5, 0.6) is 11.5 Å². The minimum Gasteiger partial charge on any atom is -0.456 e. The third kappa shape index (κ3) is 3.78. The average Bonchev–Trinajstić information content (AvgIpc) is 2.41. The number of rotatable bonds is 4. The summed E-state index contributed by atoms with van der Waals surface area (Å²) in [5.41, 5.74) is 10.5. The molecule has 1 atom stereocenters. The van der Waals surface area contributed by atoms with Crippen LogP contribution < -0.4 is 10.5 Å². The van der Waals surface area contributed by atoms with Crippen molar-refractivity contribution in [3.05, 3.63) is 57.6 Å². The van der Waals surface area contributed by atoms with Crippen molar-refractivity contribution in [3.63, 3.8) is 0 Å². The van der Waals surface area contributed by atoms with E-state index in [1.165, 1.54) is 5.56 Å². The van der Waals surface area contributed by atoms with E-state index in [1.807, 2.05) is 25.1 Å². The van der Waals surface area contributed by atoms with E-state index in [0.717, 1.165) is 34.6 Å². The summed E-state index contributed by atoms with van der Waals surface area (Å²) in [6.45, 7) is 8.20. The van der Waals surface area contributed by atoms with Gasteiger partial charge in [-0.3, -0.25) is 0 Å². The van der Waals surface area contributed by atoms with Crippen molar-refractivity contribution in [1.82, 2.24) is 0 Å². The lowest BCUT2D eigenvalue weighted by Gasteiger charge is -2.17. The number of aryl methyl sites for hydroxylation is 2. The summed E-state index contributed by atoms with van der Waals surface area (Å²) >= 11 is 6.12. The van der Waals surface area contributed by atoms with E-state index >= 15 is 0 Å². The van der Waals surface area contributed by atoms with Gasteiger partial charge in [-0.2, -0.15) is 0 Å². The molecule has 3 heteroatoms. The molecule has 0 aliphatic heterocycles. The summed E-state index contributed by atoms with van der Waals surface area (Å²) in [6, 6.07) is 9.99. The van der Waals surface area contributed by atoms with Gasteiger partial charge in [0, 0.05) is 11.1 Å². The van der Waals surface area contributed by atoms with Crippen LogP contribution in [-0.4, -0.2) is 6.04 Å². The molecular formula is C18H22ClNO. The van der Waals surface area contributed by atoms with E-state index in [0.29, 0.717) is 5.02 Å². The highest BCUT2D eigenvalue weighted by Crippen LogP contribution is 2.34. The zero-order valence-corrected chi connectivity index (χ0v) is 13.8. The van der Waals surface area contributed by atoms with E-state index in [9.17, 15) is 0 Å². The van der Waals surface area contributed by atoms with Crippen molar-refractivity contribution in [2.24, 2.45) is 5.73 Å². The summed E-state index contributed by atoms with van der Waals surface area (Å²) < 4.78 is 6.19. The van der Waals surface area contributed by atoms with Crippen LogP contribution in [0.1, 0.15) is 29.2 Å². The fourth-order valence-electron chi connectivity index (χ4n) is 2.33. The Hall–Kier alpha value is -1.51.